The molecule has 328 valence electrons. The van der Waals surface area contributed by atoms with Gasteiger partial charge in [-0.15, -0.1) is 0 Å². The summed E-state index contributed by atoms with van der Waals surface area (Å²) in [5.74, 6) is -0.617. The maximum absolute atomic E-state index is 15.6. The maximum atomic E-state index is 15.6. The van der Waals surface area contributed by atoms with E-state index in [0.717, 1.165) is 38.9 Å². The maximum Gasteiger partial charge on any atom is 0.268 e. The van der Waals surface area contributed by atoms with E-state index in [1.165, 1.54) is 32.4 Å². The molecule has 2 aromatic carbocycles. The number of hydrogen-bond donors (Lipinski definition) is 4. The lowest BCUT2D eigenvalue weighted by Gasteiger charge is -2.39. The molecule has 0 saturated carbocycles. The first kappa shape index (κ1) is 43.3. The summed E-state index contributed by atoms with van der Waals surface area (Å²) in [6, 6.07) is 4.54. The van der Waals surface area contributed by atoms with Gasteiger partial charge in [-0.25, -0.2) is 18.8 Å². The number of carbonyl (C=O) groups is 4. The number of carbonyl (C=O) groups excluding carboxylic acids is 4. The van der Waals surface area contributed by atoms with E-state index in [4.69, 9.17) is 9.47 Å². The van der Waals surface area contributed by atoms with E-state index in [1.54, 1.807) is 24.2 Å². The van der Waals surface area contributed by atoms with Crippen molar-refractivity contribution in [2.24, 2.45) is 5.92 Å². The lowest BCUT2D eigenvalue weighted by Crippen LogP contribution is -2.52. The molecule has 0 bridgehead atoms. The highest BCUT2D eigenvalue weighted by atomic mass is 19.1. The molecule has 4 aliphatic heterocycles. The summed E-state index contributed by atoms with van der Waals surface area (Å²) < 4.78 is 42.1. The first-order chi connectivity index (χ1) is 29.4. The Morgan fingerprint density at radius 3 is 2.28 bits per heavy atom. The summed E-state index contributed by atoms with van der Waals surface area (Å²) in [5.41, 5.74) is 4.34. The van der Waals surface area contributed by atoms with E-state index in [-0.39, 0.29) is 47.2 Å². The Morgan fingerprint density at radius 1 is 0.902 bits per heavy atom. The third-order valence-electron chi connectivity index (χ3n) is 12.2. The number of fused-ring (bicyclic) bond motifs is 1. The standard InChI is InChI=1S/C42H55F2N11O6/c1-6-32-41(59)51(3)34-24-45-42(49-38(34)55(32)7-2)47-31-21-27(43)26(20-35(31)60-4)39(57)50-54-14-11-25(12-15-54)10-13-52-16-18-53(19-17-52)33-23-36(61-5)30(22-28(33)44)46-29-8-9-37(56)48-40(29)58/h20-25,29,32,46H,6-19H2,1-5H3,(H,50,57)(H,45,47,49)(H,48,56,58)/t29?,32-/m1/s1. The zero-order valence-corrected chi connectivity index (χ0v) is 35.4. The number of aromatic nitrogens is 2. The van der Waals surface area contributed by atoms with Gasteiger partial charge in [-0.05, 0) is 57.6 Å². The number of amides is 4. The van der Waals surface area contributed by atoms with Crippen LogP contribution in [0.1, 0.15) is 62.7 Å². The summed E-state index contributed by atoms with van der Waals surface area (Å²) in [7, 11) is 4.63. The van der Waals surface area contributed by atoms with Crippen LogP contribution in [-0.4, -0.2) is 129 Å². The van der Waals surface area contributed by atoms with Crippen molar-refractivity contribution in [2.45, 2.75) is 64.5 Å². The number of halogens is 2. The first-order valence-electron chi connectivity index (χ1n) is 21.0. The van der Waals surface area contributed by atoms with Gasteiger partial charge in [0.15, 0.2) is 5.82 Å². The number of piperazine rings is 1. The number of piperidine rings is 2. The van der Waals surface area contributed by atoms with Gasteiger partial charge < -0.3 is 34.8 Å². The van der Waals surface area contributed by atoms with E-state index >= 15 is 8.78 Å². The second-order valence-corrected chi connectivity index (χ2v) is 15.8. The van der Waals surface area contributed by atoms with Gasteiger partial charge in [-0.3, -0.25) is 34.8 Å². The van der Waals surface area contributed by atoms with Gasteiger partial charge in [0, 0.05) is 77.5 Å². The minimum absolute atomic E-state index is 0.0296. The molecule has 17 nitrogen and oxygen atoms in total. The largest absolute Gasteiger partial charge is 0.495 e. The third kappa shape index (κ3) is 9.41. The van der Waals surface area contributed by atoms with Crippen LogP contribution in [0.15, 0.2) is 30.5 Å². The molecule has 1 aromatic heterocycles. The van der Waals surface area contributed by atoms with Crippen LogP contribution in [0.5, 0.6) is 11.5 Å². The van der Waals surface area contributed by atoms with Gasteiger partial charge >= 0.3 is 0 Å². The summed E-state index contributed by atoms with van der Waals surface area (Å²) in [4.78, 5) is 66.9. The lowest BCUT2D eigenvalue weighted by molar-refractivity contribution is -0.133. The number of nitrogens with one attached hydrogen (secondary N) is 4. The molecule has 0 aliphatic carbocycles. The second kappa shape index (κ2) is 18.8. The van der Waals surface area contributed by atoms with E-state index in [1.807, 2.05) is 28.7 Å². The predicted molar refractivity (Wildman–Crippen MR) is 227 cm³/mol. The molecule has 61 heavy (non-hydrogen) atoms. The zero-order chi connectivity index (χ0) is 43.4. The van der Waals surface area contributed by atoms with Crippen LogP contribution in [0.2, 0.25) is 0 Å². The molecule has 3 saturated heterocycles. The van der Waals surface area contributed by atoms with Gasteiger partial charge in [0.05, 0.1) is 43.0 Å². The quantitative estimate of drug-likeness (QED) is 0.172. The van der Waals surface area contributed by atoms with Crippen molar-refractivity contribution in [3.05, 3.63) is 47.7 Å². The fourth-order valence-electron chi connectivity index (χ4n) is 8.58. The fraction of sp³-hybridized carbons (Fsp3) is 0.524. The number of methoxy groups -OCH3 is 2. The molecule has 5 heterocycles. The van der Waals surface area contributed by atoms with Crippen molar-refractivity contribution in [1.29, 1.82) is 0 Å². The normalized spacial score (nSPS) is 20.3. The Kier molecular flexibility index (Phi) is 13.4. The molecule has 19 heteroatoms. The number of hydrazine groups is 1. The van der Waals surface area contributed by atoms with Gasteiger partial charge in [-0.1, -0.05) is 6.92 Å². The monoisotopic (exact) mass is 847 g/mol. The fourth-order valence-corrected chi connectivity index (χ4v) is 8.58. The van der Waals surface area contributed by atoms with Crippen molar-refractivity contribution in [3.8, 4) is 11.5 Å². The van der Waals surface area contributed by atoms with E-state index < -0.39 is 29.5 Å². The van der Waals surface area contributed by atoms with Gasteiger partial charge in [0.2, 0.25) is 23.7 Å². The minimum Gasteiger partial charge on any atom is -0.495 e. The smallest absolute Gasteiger partial charge is 0.268 e. The van der Waals surface area contributed by atoms with Crippen LogP contribution in [0.3, 0.4) is 0 Å². The number of anilines is 6. The van der Waals surface area contributed by atoms with Crippen molar-refractivity contribution in [1.82, 2.24) is 30.6 Å². The molecule has 2 atom stereocenters. The number of benzene rings is 2. The van der Waals surface area contributed by atoms with Crippen molar-refractivity contribution < 1.29 is 37.4 Å². The second-order valence-electron chi connectivity index (χ2n) is 15.8. The SMILES string of the molecule is CC[C@@H]1C(=O)N(C)c2cnc(Nc3cc(F)c(C(=O)NN4CCC(CCN5CCN(c6cc(OC)c(NC7CCC(=O)NC7=O)cc6F)CC5)CC4)cc3OC)nc2N1CC. The van der Waals surface area contributed by atoms with Gasteiger partial charge in [0.25, 0.3) is 5.91 Å². The Hall–Kier alpha value is -5.82. The van der Waals surface area contributed by atoms with Crippen LogP contribution in [0.25, 0.3) is 0 Å². The first-order valence-corrected chi connectivity index (χ1v) is 21.0. The van der Waals surface area contributed by atoms with Crippen LogP contribution in [0.4, 0.5) is 43.3 Å². The van der Waals surface area contributed by atoms with Crippen LogP contribution >= 0.6 is 0 Å². The summed E-state index contributed by atoms with van der Waals surface area (Å²) >= 11 is 0. The Labute approximate surface area is 354 Å². The zero-order valence-electron chi connectivity index (χ0n) is 35.4. The van der Waals surface area contributed by atoms with Crippen LogP contribution < -0.4 is 45.5 Å². The van der Waals surface area contributed by atoms with E-state index in [2.05, 4.69) is 36.2 Å². The molecular weight excluding hydrogens is 793 g/mol. The van der Waals surface area contributed by atoms with Crippen molar-refractivity contribution in [2.75, 3.05) is 99.0 Å². The molecule has 4 amide bonds. The predicted octanol–water partition coefficient (Wildman–Crippen LogP) is 3.88. The third-order valence-corrected chi connectivity index (χ3v) is 12.2. The van der Waals surface area contributed by atoms with Crippen LogP contribution in [-0.2, 0) is 14.4 Å². The minimum atomic E-state index is -0.735. The van der Waals surface area contributed by atoms with Crippen molar-refractivity contribution in [3.63, 3.8) is 0 Å². The Balaban J connectivity index is 0.874. The van der Waals surface area contributed by atoms with E-state index in [0.29, 0.717) is 80.1 Å². The molecule has 1 unspecified atom stereocenters. The van der Waals surface area contributed by atoms with Crippen molar-refractivity contribution >= 4 is 58.1 Å². The van der Waals surface area contributed by atoms with E-state index in [9.17, 15) is 19.2 Å². The summed E-state index contributed by atoms with van der Waals surface area (Å²) in [5, 5.41) is 10.2. The number of imide groups is 1. The average molecular weight is 848 g/mol. The average Bonchev–Trinajstić information content (AvgIpc) is 3.26. The lowest BCUT2D eigenvalue weighted by atomic mass is 9.94. The molecule has 7 rings (SSSR count). The molecule has 4 N–H and O–H groups in total. The Morgan fingerprint density at radius 2 is 1.61 bits per heavy atom. The highest BCUT2D eigenvalue weighted by molar-refractivity contribution is 6.04. The summed E-state index contributed by atoms with van der Waals surface area (Å²) in [6.45, 7) is 9.45. The number of nitrogens with zero attached hydrogens (tertiary/aromatic N) is 7. The highest BCUT2D eigenvalue weighted by Gasteiger charge is 2.36. The molecule has 0 radical (unpaired) electrons. The highest BCUT2D eigenvalue weighted by Crippen LogP contribution is 2.37. The number of likely N-dealkylation sites (N-methyl/N-ethyl adjacent to an activating group) is 2. The number of rotatable bonds is 14. The van der Waals surface area contributed by atoms with Gasteiger partial charge in [-0.2, -0.15) is 4.98 Å². The molecule has 0 spiro atoms. The molecular formula is C42H55F2N11O6. The van der Waals surface area contributed by atoms with Gasteiger partial charge in [0.1, 0.15) is 40.9 Å². The topological polar surface area (TPSA) is 177 Å². The molecule has 3 aromatic rings. The number of ether oxygens (including phenoxy) is 2. The molecule has 4 aliphatic rings. The Bertz CT molecular complexity index is 2130. The summed E-state index contributed by atoms with van der Waals surface area (Å²) in [6.07, 6.45) is 5.43. The van der Waals surface area contributed by atoms with Crippen LogP contribution in [0, 0.1) is 17.6 Å². The molecule has 3 fully saturated rings. The number of hydrogen-bond acceptors (Lipinski definition) is 14.